The Labute approximate surface area is 583 Å². The number of hydrogen-bond donors (Lipinski definition) is 3. The van der Waals surface area contributed by atoms with Crippen LogP contribution in [0.25, 0.3) is 4.85 Å². The van der Waals surface area contributed by atoms with E-state index in [1.54, 1.807) is 11.1 Å². The molecular formula is C75H134ClN3O10P2S2. The number of rotatable bonds is 32. The molecule has 0 bridgehead atoms. The number of unbranched alkanes of at least 4 members (excludes halogenated alkanes) is 6. The van der Waals surface area contributed by atoms with Crippen molar-refractivity contribution < 1.29 is 46.6 Å². The summed E-state index contributed by atoms with van der Waals surface area (Å²) in [5, 5.41) is 2.96. The monoisotopic (exact) mass is 1400 g/mol. The quantitative estimate of drug-likeness (QED) is 0.0192. The first-order valence-electron chi connectivity index (χ1n) is 37.4. The molecule has 0 heterocycles. The highest BCUT2D eigenvalue weighted by atomic mass is 35.5. The maximum absolute atomic E-state index is 12.6. The number of nitrogens with zero attached hydrogens (tertiary/aromatic N) is 1. The molecule has 0 aromatic carbocycles. The molecule has 8 aliphatic rings. The normalized spacial score (nSPS) is 33.5. The topological polar surface area (TPSA) is 161 Å². The maximum Gasteiger partial charge on any atom is 0.407 e. The van der Waals surface area contributed by atoms with Gasteiger partial charge in [0.1, 0.15) is 18.8 Å². The lowest BCUT2D eigenvalue weighted by Crippen LogP contribution is -2.51. The molecule has 0 aromatic heterocycles. The first-order chi connectivity index (χ1) is 44.2. The van der Waals surface area contributed by atoms with Crippen molar-refractivity contribution in [2.45, 2.75) is 288 Å². The van der Waals surface area contributed by atoms with E-state index in [2.05, 4.69) is 91.6 Å². The van der Waals surface area contributed by atoms with Gasteiger partial charge in [-0.3, -0.25) is 0 Å². The van der Waals surface area contributed by atoms with Crippen LogP contribution >= 0.6 is 25.0 Å². The molecule has 8 rings (SSSR count). The lowest BCUT2D eigenvalue weighted by Gasteiger charge is -2.58. The molecule has 6 fully saturated rings. The molecule has 0 aromatic rings. The molecule has 1 amide bonds. The van der Waals surface area contributed by atoms with E-state index in [1.807, 2.05) is 13.8 Å². The van der Waals surface area contributed by atoms with Gasteiger partial charge in [-0.15, -0.1) is 0 Å². The Morgan fingerprint density at radius 1 is 0.624 bits per heavy atom. The van der Waals surface area contributed by atoms with Crippen LogP contribution < -0.4 is 11.1 Å². The number of alkyl carbamates (subject to hydrolysis) is 1. The molecule has 0 radical (unpaired) electrons. The van der Waals surface area contributed by atoms with E-state index in [0.717, 1.165) is 167 Å². The lowest BCUT2D eigenvalue weighted by molar-refractivity contribution is -0.0581. The van der Waals surface area contributed by atoms with Gasteiger partial charge in [0.15, 0.2) is 0 Å². The van der Waals surface area contributed by atoms with Gasteiger partial charge in [0.2, 0.25) is 6.54 Å². The number of hydrogen-bond acceptors (Lipinski definition) is 12. The predicted octanol–water partition coefficient (Wildman–Crippen LogP) is 21.7. The fourth-order valence-corrected chi connectivity index (χ4v) is 22.2. The molecule has 4 unspecified atom stereocenters. The summed E-state index contributed by atoms with van der Waals surface area (Å²) >= 11 is 15.5. The predicted molar refractivity (Wildman–Crippen MR) is 392 cm³/mol. The molecule has 0 aliphatic heterocycles. The second-order valence-corrected chi connectivity index (χ2v) is 37.6. The Morgan fingerprint density at radius 2 is 1.09 bits per heavy atom. The summed E-state index contributed by atoms with van der Waals surface area (Å²) < 4.78 is 37.1. The molecule has 18 atom stereocenters. The van der Waals surface area contributed by atoms with E-state index in [0.29, 0.717) is 36.0 Å². The minimum Gasteiger partial charge on any atom is -0.450 e. The third kappa shape index (κ3) is 23.3. The van der Waals surface area contributed by atoms with Crippen LogP contribution in [0.2, 0.25) is 0 Å². The summed E-state index contributed by atoms with van der Waals surface area (Å²) in [5.41, 5.74) is 9.53. The summed E-state index contributed by atoms with van der Waals surface area (Å²) in [7, 11) is 2.85. The highest BCUT2D eigenvalue weighted by Crippen LogP contribution is 2.69. The van der Waals surface area contributed by atoms with Crippen molar-refractivity contribution in [1.82, 2.24) is 5.32 Å². The first kappa shape index (κ1) is 82.7. The molecule has 0 spiro atoms. The zero-order chi connectivity index (χ0) is 68.6. The van der Waals surface area contributed by atoms with E-state index in [1.165, 1.54) is 117 Å². The Hall–Kier alpha value is -0.980. The maximum atomic E-state index is 12.6. The van der Waals surface area contributed by atoms with Crippen molar-refractivity contribution in [3.8, 4) is 0 Å². The highest BCUT2D eigenvalue weighted by molar-refractivity contribution is 8.07. The average Bonchev–Trinajstić information content (AvgIpc) is 1.70. The molecule has 4 N–H and O–H groups in total. The summed E-state index contributed by atoms with van der Waals surface area (Å²) in [5.74, 6) is 10.3. The Kier molecular flexibility index (Phi) is 35.4. The van der Waals surface area contributed by atoms with Gasteiger partial charge in [0.05, 0.1) is 13.2 Å². The first-order valence-corrected chi connectivity index (χ1v) is 43.0. The summed E-state index contributed by atoms with van der Waals surface area (Å²) in [6.07, 6.45) is 40.8. The number of halogens is 1. The third-order valence-electron chi connectivity index (χ3n) is 24.9. The molecule has 0 saturated heterocycles. The van der Waals surface area contributed by atoms with Crippen LogP contribution in [0.15, 0.2) is 23.3 Å². The second-order valence-electron chi connectivity index (χ2n) is 31.3. The van der Waals surface area contributed by atoms with Crippen LogP contribution in [-0.2, 0) is 55.7 Å². The largest absolute Gasteiger partial charge is 0.450 e. The van der Waals surface area contributed by atoms with Gasteiger partial charge in [-0.1, -0.05) is 171 Å². The SMILES string of the molecule is CC.CC(C)CCC[C@@H](C)[C@H]1CC[C@H]2[C@@H]3CC=C4CC(OC(=O)Cl)CC[C@]4(C)[C@H]3CC[C@]12C.COP(O)(=S)OCCCCCCNC(=O)OC1CC[C@@]2(C)C(=CC[C@H]3[C@@H]4CC[C@H]([C@H](C)CCCC(C)C)[C@@]4(C)CC[C@@H]32)C1.[C-]#[N+]CCOP(=S)(OC)OCCCCCCN. The van der Waals surface area contributed by atoms with E-state index in [4.69, 9.17) is 79.6 Å². The molecule has 13 nitrogen and oxygen atoms in total. The van der Waals surface area contributed by atoms with E-state index in [9.17, 15) is 14.5 Å². The molecule has 8 aliphatic carbocycles. The molecule has 18 heteroatoms. The number of nitrogens with one attached hydrogen (secondary N) is 1. The van der Waals surface area contributed by atoms with Gasteiger partial charge in [-0.05, 0) is 238 Å². The number of nitrogens with two attached hydrogens (primary N) is 1. The summed E-state index contributed by atoms with van der Waals surface area (Å²) in [6.45, 7) is 32.8. The fraction of sp³-hybridized carbons (Fsp3) is 0.907. The number of carbonyl (C=O) groups excluding carboxylic acids is 2. The van der Waals surface area contributed by atoms with Crippen LogP contribution in [0.5, 0.6) is 0 Å². The van der Waals surface area contributed by atoms with Crippen molar-refractivity contribution in [2.75, 3.05) is 53.7 Å². The fourth-order valence-electron chi connectivity index (χ4n) is 20.0. The van der Waals surface area contributed by atoms with Crippen molar-refractivity contribution in [3.63, 3.8) is 0 Å². The number of amides is 1. The zero-order valence-corrected chi connectivity index (χ0v) is 65.1. The van der Waals surface area contributed by atoms with E-state index < -0.39 is 18.9 Å². The number of carbonyl (C=O) groups is 2. The van der Waals surface area contributed by atoms with Crippen LogP contribution in [0.3, 0.4) is 0 Å². The molecule has 538 valence electrons. The number of fused-ring (bicyclic) bond motifs is 10. The smallest absolute Gasteiger partial charge is 0.407 e. The summed E-state index contributed by atoms with van der Waals surface area (Å²) in [6, 6.07) is 0. The Balaban J connectivity index is 0.000000273. The minimum absolute atomic E-state index is 0.00862. The van der Waals surface area contributed by atoms with Crippen LogP contribution in [0.1, 0.15) is 276 Å². The van der Waals surface area contributed by atoms with Crippen molar-refractivity contribution >= 4 is 60.2 Å². The molecule has 93 heavy (non-hydrogen) atoms. The van der Waals surface area contributed by atoms with Crippen LogP contribution in [0.4, 0.5) is 9.59 Å². The van der Waals surface area contributed by atoms with Crippen LogP contribution in [0, 0.1) is 99.2 Å². The third-order valence-corrected chi connectivity index (χ3v) is 29.2. The molecule has 6 saturated carbocycles. The minimum atomic E-state index is -3.05. The van der Waals surface area contributed by atoms with Gasteiger partial charge >= 0.3 is 25.0 Å². The average molecular weight is 1400 g/mol. The number of allylic oxidation sites excluding steroid dienone is 2. The Morgan fingerprint density at radius 3 is 1.54 bits per heavy atom. The van der Waals surface area contributed by atoms with E-state index >= 15 is 0 Å². The second kappa shape index (κ2) is 39.9. The summed E-state index contributed by atoms with van der Waals surface area (Å²) in [4.78, 5) is 36.6. The lowest BCUT2D eigenvalue weighted by atomic mass is 9.47. The van der Waals surface area contributed by atoms with E-state index in [-0.39, 0.29) is 36.9 Å². The zero-order valence-electron chi connectivity index (χ0n) is 60.9. The van der Waals surface area contributed by atoms with Gasteiger partial charge < -0.3 is 52.9 Å². The van der Waals surface area contributed by atoms with Gasteiger partial charge in [-0.2, -0.15) is 0 Å². The Bertz CT molecular complexity index is 2470. The van der Waals surface area contributed by atoms with Gasteiger partial charge in [0.25, 0.3) is 0 Å². The van der Waals surface area contributed by atoms with Crippen molar-refractivity contribution in [2.24, 2.45) is 98.4 Å². The number of ether oxygens (including phenoxy) is 2. The van der Waals surface area contributed by atoms with Gasteiger partial charge in [0, 0.05) is 45.2 Å². The highest BCUT2D eigenvalue weighted by Gasteiger charge is 2.61. The van der Waals surface area contributed by atoms with Gasteiger partial charge in [-0.25, -0.2) is 16.2 Å². The van der Waals surface area contributed by atoms with Crippen molar-refractivity contribution in [3.05, 3.63) is 34.7 Å². The molecular weight excluding hydrogens is 1260 g/mol. The van der Waals surface area contributed by atoms with Crippen LogP contribution in [-0.4, -0.2) is 82.3 Å². The standard InChI is InChI=1S/C35H62NO5PS.C28H45ClO2.C10H21N2O3PS.C2H6/c1-25(2)12-11-13-26(3)30-16-17-31-29-15-14-27-24-28(18-20-34(27,4)32(29)19-21-35(30,31)5)41-33(37)36-22-9-7-8-10-23-40-42(38,43)39-6;1-18(2)7-6-8-19(3)23-11-12-24-22-10-9-20-17-21(31-26(29)30)13-15-27(20,4)25(22)14-16-28(23,24)5;1-12-8-10-15-16(17,13-2)14-9-6-4-3-5-7-11;1-2/h14,25-26,28-32H,7-13,15-24H2,1-6H3,(H,36,37)(H,38,43);9,18-19,21-25H,6-8,10-17H2,1-5H3;3-11H2,2H3;1-2H3/t26-,28?,29+,30-,31+,32+,34+,35-,42?;19-,21?,22+,23-,24+,25+,27+,28-;;/m11../s1. The van der Waals surface area contributed by atoms with Crippen molar-refractivity contribution in [1.29, 1.82) is 0 Å².